The number of carbonyl (C=O) groups excluding carboxylic acids is 1. The molecule has 0 spiro atoms. The van der Waals surface area contributed by atoms with E-state index in [1.54, 1.807) is 24.3 Å². The average molecular weight is 257 g/mol. The smallest absolute Gasteiger partial charge is 0.263 e. The van der Waals surface area contributed by atoms with Gasteiger partial charge in [0.05, 0.1) is 5.52 Å². The molecule has 2 heterocycles. The number of para-hydroxylation sites is 1. The molecule has 0 amide bonds. The first-order chi connectivity index (χ1) is 9.18. The van der Waals surface area contributed by atoms with Crippen molar-refractivity contribution < 1.29 is 9.90 Å². The predicted molar refractivity (Wildman–Crippen MR) is 63.8 cm³/mol. The number of aromatic hydroxyl groups is 1. The first-order valence-corrected chi connectivity index (χ1v) is 5.31. The summed E-state index contributed by atoms with van der Waals surface area (Å²) in [7, 11) is 0. The second-order valence-corrected chi connectivity index (χ2v) is 3.80. The predicted octanol–water partition coefficient (Wildman–Crippen LogP) is -0.0222. The highest BCUT2D eigenvalue weighted by molar-refractivity contribution is 6.10. The Morgan fingerprint density at radius 3 is 2.79 bits per heavy atom. The molecule has 1 aromatic carbocycles. The lowest BCUT2D eigenvalue weighted by atomic mass is 10.1. The molecule has 0 atom stereocenters. The molecule has 0 radical (unpaired) electrons. The van der Waals surface area contributed by atoms with Gasteiger partial charge in [-0.2, -0.15) is 0 Å². The van der Waals surface area contributed by atoms with Crippen LogP contribution < -0.4 is 5.56 Å². The van der Waals surface area contributed by atoms with E-state index < -0.39 is 16.9 Å². The maximum Gasteiger partial charge on any atom is 0.263 e. The zero-order chi connectivity index (χ0) is 13.4. The van der Waals surface area contributed by atoms with Crippen LogP contribution >= 0.6 is 0 Å². The normalized spacial score (nSPS) is 10.7. The molecule has 2 aromatic heterocycles. The maximum atomic E-state index is 12.0. The Kier molecular flexibility index (Phi) is 2.34. The van der Waals surface area contributed by atoms with E-state index in [9.17, 15) is 14.7 Å². The van der Waals surface area contributed by atoms with Gasteiger partial charge in [-0.05, 0) is 22.6 Å². The number of hydrogen-bond donors (Lipinski definition) is 3. The molecule has 3 N–H and O–H groups in total. The van der Waals surface area contributed by atoms with Crippen molar-refractivity contribution in [3.63, 3.8) is 0 Å². The second kappa shape index (κ2) is 4.02. The van der Waals surface area contributed by atoms with Crippen LogP contribution in [0.15, 0.2) is 29.1 Å². The van der Waals surface area contributed by atoms with Crippen LogP contribution in [0, 0.1) is 0 Å². The fourth-order valence-corrected chi connectivity index (χ4v) is 1.81. The van der Waals surface area contributed by atoms with E-state index in [1.165, 1.54) is 0 Å². The summed E-state index contributed by atoms with van der Waals surface area (Å²) in [6.07, 6.45) is 0. The van der Waals surface area contributed by atoms with Crippen molar-refractivity contribution in [1.29, 1.82) is 0 Å². The summed E-state index contributed by atoms with van der Waals surface area (Å²) in [5.41, 5.74) is -0.646. The van der Waals surface area contributed by atoms with E-state index in [2.05, 4.69) is 25.6 Å². The number of tetrazole rings is 1. The number of carbonyl (C=O) groups is 1. The highest BCUT2D eigenvalue weighted by Gasteiger charge is 2.22. The number of pyridine rings is 1. The Morgan fingerprint density at radius 2 is 2.05 bits per heavy atom. The van der Waals surface area contributed by atoms with E-state index in [0.717, 1.165) is 0 Å². The minimum Gasteiger partial charge on any atom is -0.506 e. The monoisotopic (exact) mass is 257 g/mol. The van der Waals surface area contributed by atoms with Crippen LogP contribution in [-0.4, -0.2) is 36.5 Å². The summed E-state index contributed by atoms with van der Waals surface area (Å²) < 4.78 is 0. The van der Waals surface area contributed by atoms with Gasteiger partial charge < -0.3 is 10.1 Å². The molecule has 0 aliphatic heterocycles. The van der Waals surface area contributed by atoms with Gasteiger partial charge in [-0.15, -0.1) is 5.10 Å². The van der Waals surface area contributed by atoms with E-state index in [0.29, 0.717) is 10.9 Å². The topological polar surface area (TPSA) is 125 Å². The van der Waals surface area contributed by atoms with Gasteiger partial charge in [0.1, 0.15) is 11.3 Å². The third kappa shape index (κ3) is 1.66. The molecule has 0 fully saturated rings. The van der Waals surface area contributed by atoms with Gasteiger partial charge in [-0.1, -0.05) is 12.1 Å². The summed E-state index contributed by atoms with van der Waals surface area (Å²) in [6, 6.07) is 6.61. The number of H-pyrrole nitrogens is 2. The molecule has 94 valence electrons. The molecule has 3 rings (SSSR count). The minimum absolute atomic E-state index is 0.212. The molecule has 0 saturated heterocycles. The Balaban J connectivity index is 2.30. The number of aromatic amines is 2. The van der Waals surface area contributed by atoms with Crippen molar-refractivity contribution in [2.75, 3.05) is 0 Å². The molecule has 0 aliphatic rings. The third-order valence-electron chi connectivity index (χ3n) is 2.68. The lowest BCUT2D eigenvalue weighted by molar-refractivity contribution is 0.102. The number of benzene rings is 1. The first kappa shape index (κ1) is 11.1. The lowest BCUT2D eigenvalue weighted by Crippen LogP contribution is -2.19. The molecule has 8 nitrogen and oxygen atoms in total. The number of hydrogen-bond acceptors (Lipinski definition) is 6. The lowest BCUT2D eigenvalue weighted by Gasteiger charge is -2.04. The molecular weight excluding hydrogens is 250 g/mol. The number of ketones is 1. The Labute approximate surface area is 105 Å². The summed E-state index contributed by atoms with van der Waals surface area (Å²) >= 11 is 0. The quantitative estimate of drug-likeness (QED) is 0.554. The Bertz CT molecular complexity index is 822. The van der Waals surface area contributed by atoms with Gasteiger partial charge in [0, 0.05) is 5.39 Å². The van der Waals surface area contributed by atoms with Gasteiger partial charge in [-0.25, -0.2) is 5.10 Å². The summed E-state index contributed by atoms with van der Waals surface area (Å²) in [6.45, 7) is 0. The molecular formula is C11H7N5O3. The molecule has 0 saturated carbocycles. The van der Waals surface area contributed by atoms with E-state index in [-0.39, 0.29) is 11.6 Å². The van der Waals surface area contributed by atoms with Crippen LogP contribution in [0.1, 0.15) is 16.2 Å². The van der Waals surface area contributed by atoms with Crippen molar-refractivity contribution in [2.24, 2.45) is 0 Å². The van der Waals surface area contributed by atoms with Crippen molar-refractivity contribution >= 4 is 16.7 Å². The Hall–Kier alpha value is -3.03. The van der Waals surface area contributed by atoms with Gasteiger partial charge >= 0.3 is 0 Å². The molecule has 8 heteroatoms. The SMILES string of the molecule is O=C(c1nnn[nH]1)c1c(O)c2ccccc2[nH]c1=O. The van der Waals surface area contributed by atoms with Gasteiger partial charge in [-0.3, -0.25) is 9.59 Å². The van der Waals surface area contributed by atoms with Crippen LogP contribution in [0.4, 0.5) is 0 Å². The van der Waals surface area contributed by atoms with Crippen LogP contribution in [0.25, 0.3) is 10.9 Å². The van der Waals surface area contributed by atoms with Crippen LogP contribution in [0.3, 0.4) is 0 Å². The fourth-order valence-electron chi connectivity index (χ4n) is 1.81. The average Bonchev–Trinajstić information content (AvgIpc) is 2.92. The van der Waals surface area contributed by atoms with Gasteiger partial charge in [0.15, 0.2) is 0 Å². The largest absolute Gasteiger partial charge is 0.506 e. The highest BCUT2D eigenvalue weighted by Crippen LogP contribution is 2.25. The molecule has 3 aromatic rings. The van der Waals surface area contributed by atoms with E-state index >= 15 is 0 Å². The van der Waals surface area contributed by atoms with Gasteiger partial charge in [0.25, 0.3) is 5.56 Å². The van der Waals surface area contributed by atoms with Crippen LogP contribution in [0.5, 0.6) is 5.75 Å². The number of aromatic nitrogens is 5. The molecule has 19 heavy (non-hydrogen) atoms. The zero-order valence-electron chi connectivity index (χ0n) is 9.41. The molecule has 0 unspecified atom stereocenters. The second-order valence-electron chi connectivity index (χ2n) is 3.80. The van der Waals surface area contributed by atoms with Crippen LogP contribution in [0.2, 0.25) is 0 Å². The van der Waals surface area contributed by atoms with Crippen LogP contribution in [-0.2, 0) is 0 Å². The van der Waals surface area contributed by atoms with Crippen molar-refractivity contribution in [3.8, 4) is 5.75 Å². The minimum atomic E-state index is -0.769. The number of nitrogens with one attached hydrogen (secondary N) is 2. The fraction of sp³-hybridized carbons (Fsp3) is 0. The standard InChI is InChI=1S/C11H7N5O3/c17-8-5-3-1-2-4-6(5)12-11(19)7(8)9(18)10-13-15-16-14-10/h1-4H,(H2,12,17,19)(H,13,14,15,16). The third-order valence-corrected chi connectivity index (χ3v) is 2.68. The number of fused-ring (bicyclic) bond motifs is 1. The van der Waals surface area contributed by atoms with Gasteiger partial charge in [0.2, 0.25) is 11.6 Å². The van der Waals surface area contributed by atoms with Crippen molar-refractivity contribution in [2.45, 2.75) is 0 Å². The molecule has 0 aliphatic carbocycles. The summed E-state index contributed by atoms with van der Waals surface area (Å²) in [4.78, 5) is 26.4. The van der Waals surface area contributed by atoms with E-state index in [4.69, 9.17) is 0 Å². The summed E-state index contributed by atoms with van der Waals surface area (Å²) in [5, 5.41) is 22.6. The van der Waals surface area contributed by atoms with E-state index in [1.807, 2.05) is 0 Å². The number of rotatable bonds is 2. The maximum absolute atomic E-state index is 12.0. The Morgan fingerprint density at radius 1 is 1.26 bits per heavy atom. The molecule has 0 bridgehead atoms. The van der Waals surface area contributed by atoms with Crippen molar-refractivity contribution in [3.05, 3.63) is 46.0 Å². The van der Waals surface area contributed by atoms with Crippen molar-refractivity contribution in [1.82, 2.24) is 25.6 Å². The number of nitrogens with zero attached hydrogens (tertiary/aromatic N) is 3. The zero-order valence-corrected chi connectivity index (χ0v) is 9.41. The first-order valence-electron chi connectivity index (χ1n) is 5.31. The highest BCUT2D eigenvalue weighted by atomic mass is 16.3. The summed E-state index contributed by atoms with van der Waals surface area (Å²) in [5.74, 6) is -1.37.